The molecule has 25 heavy (non-hydrogen) atoms. The summed E-state index contributed by atoms with van der Waals surface area (Å²) in [6.45, 7) is 1.72. The maximum Gasteiger partial charge on any atom is 0.254 e. The average molecular weight is 342 g/mol. The van der Waals surface area contributed by atoms with E-state index in [0.717, 1.165) is 18.2 Å². The highest BCUT2D eigenvalue weighted by atomic mass is 16.5. The Morgan fingerprint density at radius 2 is 2.04 bits per heavy atom. The van der Waals surface area contributed by atoms with Crippen molar-refractivity contribution >= 4 is 16.8 Å². The summed E-state index contributed by atoms with van der Waals surface area (Å²) in [4.78, 5) is 29.4. The highest BCUT2D eigenvalue weighted by Crippen LogP contribution is 2.35. The Balaban J connectivity index is 1.58. The molecule has 1 atom stereocenters. The van der Waals surface area contributed by atoms with Crippen LogP contribution in [-0.2, 0) is 4.74 Å². The number of nitrogens with one attached hydrogen (secondary N) is 1. The topological polar surface area (TPSA) is 82.6 Å². The van der Waals surface area contributed by atoms with Gasteiger partial charge in [0.1, 0.15) is 0 Å². The quantitative estimate of drug-likeness (QED) is 0.826. The minimum atomic E-state index is -0.509. The van der Waals surface area contributed by atoms with Crippen LogP contribution in [-0.4, -0.2) is 52.3 Å². The lowest BCUT2D eigenvalue weighted by atomic mass is 9.82. The number of H-pyrrole nitrogens is 1. The number of nitrogens with zero attached hydrogens (tertiary/aromatic N) is 1. The zero-order chi connectivity index (χ0) is 17.4. The Hall–Kier alpha value is -2.18. The smallest absolute Gasteiger partial charge is 0.254 e. The van der Waals surface area contributed by atoms with Crippen LogP contribution in [0.5, 0.6) is 0 Å². The van der Waals surface area contributed by atoms with Crippen LogP contribution < -0.4 is 5.56 Å². The molecule has 1 amide bonds. The number of carbonyl (C=O) groups excluding carboxylic acids is 1. The number of rotatable bonds is 1. The van der Waals surface area contributed by atoms with Crippen LogP contribution in [0.1, 0.15) is 36.0 Å². The van der Waals surface area contributed by atoms with Gasteiger partial charge in [0.25, 0.3) is 5.91 Å². The Morgan fingerprint density at radius 3 is 2.80 bits per heavy atom. The lowest BCUT2D eigenvalue weighted by molar-refractivity contribution is -0.174. The Kier molecular flexibility index (Phi) is 4.09. The first-order chi connectivity index (χ1) is 12.1. The number of hydrogen-bond acceptors (Lipinski definition) is 4. The van der Waals surface area contributed by atoms with Crippen molar-refractivity contribution in [2.24, 2.45) is 0 Å². The second kappa shape index (κ2) is 6.28. The summed E-state index contributed by atoms with van der Waals surface area (Å²) >= 11 is 0. The fraction of sp³-hybridized carbons (Fsp3) is 0.474. The minimum Gasteiger partial charge on any atom is -0.390 e. The molecule has 1 unspecified atom stereocenters. The summed E-state index contributed by atoms with van der Waals surface area (Å²) < 4.78 is 5.90. The standard InChI is InChI=1S/C19H22N2O4/c22-16-6-3-11-25-19(16)7-9-21(10-8-19)18(24)14-12-17(23)20-15-5-2-1-4-13(14)15/h1-2,4-5,12,16,22H,3,6-11H2,(H,20,23). The van der Waals surface area contributed by atoms with Crippen molar-refractivity contribution in [3.63, 3.8) is 0 Å². The number of amides is 1. The number of pyridine rings is 1. The van der Waals surface area contributed by atoms with Gasteiger partial charge in [-0.3, -0.25) is 9.59 Å². The largest absolute Gasteiger partial charge is 0.390 e. The predicted octanol–water partition coefficient (Wildman–Crippen LogP) is 1.67. The Bertz CT molecular complexity index is 852. The van der Waals surface area contributed by atoms with E-state index in [4.69, 9.17) is 4.74 Å². The number of piperidine rings is 1. The third-order valence-corrected chi connectivity index (χ3v) is 5.50. The molecule has 0 radical (unpaired) electrons. The van der Waals surface area contributed by atoms with Crippen LogP contribution in [0, 0.1) is 0 Å². The molecule has 132 valence electrons. The molecule has 1 aromatic heterocycles. The molecule has 2 aliphatic rings. The van der Waals surface area contributed by atoms with Gasteiger partial charge in [0.2, 0.25) is 5.56 Å². The molecule has 6 heteroatoms. The molecule has 2 N–H and O–H groups in total. The van der Waals surface area contributed by atoms with Gasteiger partial charge in [-0.15, -0.1) is 0 Å². The van der Waals surface area contributed by atoms with Gasteiger partial charge < -0.3 is 19.7 Å². The third kappa shape index (κ3) is 2.85. The number of aromatic nitrogens is 1. The van der Waals surface area contributed by atoms with Crippen LogP contribution in [0.3, 0.4) is 0 Å². The maximum absolute atomic E-state index is 13.0. The van der Waals surface area contributed by atoms with Gasteiger partial charge in [0.15, 0.2) is 0 Å². The second-order valence-electron chi connectivity index (χ2n) is 6.96. The van der Waals surface area contributed by atoms with Gasteiger partial charge >= 0.3 is 0 Å². The number of likely N-dealkylation sites (tertiary alicyclic amines) is 1. The minimum absolute atomic E-state index is 0.137. The van der Waals surface area contributed by atoms with Crippen molar-refractivity contribution in [1.29, 1.82) is 0 Å². The van der Waals surface area contributed by atoms with E-state index in [1.807, 2.05) is 18.2 Å². The van der Waals surface area contributed by atoms with Gasteiger partial charge in [0, 0.05) is 36.7 Å². The molecule has 0 saturated carbocycles. The van der Waals surface area contributed by atoms with Crippen molar-refractivity contribution in [2.75, 3.05) is 19.7 Å². The molecule has 1 spiro atoms. The van der Waals surface area contributed by atoms with Crippen molar-refractivity contribution in [2.45, 2.75) is 37.4 Å². The zero-order valence-electron chi connectivity index (χ0n) is 14.0. The van der Waals surface area contributed by atoms with Crippen LogP contribution in [0.25, 0.3) is 10.9 Å². The van der Waals surface area contributed by atoms with Gasteiger partial charge in [-0.05, 0) is 31.7 Å². The monoisotopic (exact) mass is 342 g/mol. The number of para-hydroxylation sites is 1. The lowest BCUT2D eigenvalue weighted by Crippen LogP contribution is -2.56. The van der Waals surface area contributed by atoms with E-state index in [1.54, 1.807) is 11.0 Å². The summed E-state index contributed by atoms with van der Waals surface area (Å²) in [5.74, 6) is -0.137. The van der Waals surface area contributed by atoms with Crippen molar-refractivity contribution in [3.05, 3.63) is 46.2 Å². The SMILES string of the molecule is O=C(c1cc(=O)[nH]c2ccccc12)N1CCC2(CC1)OCCCC2O. The first-order valence-corrected chi connectivity index (χ1v) is 8.82. The molecule has 1 aromatic carbocycles. The summed E-state index contributed by atoms with van der Waals surface area (Å²) in [6, 6.07) is 8.71. The van der Waals surface area contributed by atoms with Crippen LogP contribution >= 0.6 is 0 Å². The number of fused-ring (bicyclic) bond motifs is 1. The predicted molar refractivity (Wildman–Crippen MR) is 93.6 cm³/mol. The second-order valence-corrected chi connectivity index (χ2v) is 6.96. The van der Waals surface area contributed by atoms with Crippen molar-refractivity contribution < 1.29 is 14.6 Å². The van der Waals surface area contributed by atoms with E-state index in [2.05, 4.69) is 4.98 Å². The van der Waals surface area contributed by atoms with E-state index < -0.39 is 11.7 Å². The summed E-state index contributed by atoms with van der Waals surface area (Å²) in [7, 11) is 0. The first-order valence-electron chi connectivity index (χ1n) is 8.82. The first kappa shape index (κ1) is 16.3. The van der Waals surface area contributed by atoms with Crippen LogP contribution in [0.2, 0.25) is 0 Å². The van der Waals surface area contributed by atoms with Gasteiger partial charge in [0.05, 0.1) is 17.3 Å². The molecule has 2 fully saturated rings. The van der Waals surface area contributed by atoms with E-state index >= 15 is 0 Å². The molecule has 2 aliphatic heterocycles. The third-order valence-electron chi connectivity index (χ3n) is 5.50. The number of benzene rings is 1. The Labute approximate surface area is 145 Å². The van der Waals surface area contributed by atoms with Crippen LogP contribution in [0.15, 0.2) is 35.1 Å². The molecule has 4 rings (SSSR count). The number of aliphatic hydroxyl groups excluding tert-OH is 1. The van der Waals surface area contributed by atoms with Crippen molar-refractivity contribution in [1.82, 2.24) is 9.88 Å². The van der Waals surface area contributed by atoms with E-state index in [-0.39, 0.29) is 11.5 Å². The number of aromatic amines is 1. The van der Waals surface area contributed by atoms with Crippen molar-refractivity contribution in [3.8, 4) is 0 Å². The summed E-state index contributed by atoms with van der Waals surface area (Å²) in [5, 5.41) is 11.1. The maximum atomic E-state index is 13.0. The van der Waals surface area contributed by atoms with Gasteiger partial charge in [-0.1, -0.05) is 18.2 Å². The van der Waals surface area contributed by atoms with E-state index in [0.29, 0.717) is 43.6 Å². The normalized spacial score (nSPS) is 23.1. The van der Waals surface area contributed by atoms with Gasteiger partial charge in [-0.2, -0.15) is 0 Å². The molecular weight excluding hydrogens is 320 g/mol. The molecular formula is C19H22N2O4. The van der Waals surface area contributed by atoms with Crippen LogP contribution in [0.4, 0.5) is 0 Å². The molecule has 0 bridgehead atoms. The fourth-order valence-electron chi connectivity index (χ4n) is 4.03. The average Bonchev–Trinajstić information content (AvgIpc) is 2.63. The number of hydrogen-bond donors (Lipinski definition) is 2. The fourth-order valence-corrected chi connectivity index (χ4v) is 4.03. The molecule has 0 aliphatic carbocycles. The Morgan fingerprint density at radius 1 is 1.28 bits per heavy atom. The number of carbonyl (C=O) groups is 1. The van der Waals surface area contributed by atoms with E-state index in [1.165, 1.54) is 6.07 Å². The van der Waals surface area contributed by atoms with E-state index in [9.17, 15) is 14.7 Å². The molecule has 6 nitrogen and oxygen atoms in total. The molecule has 3 heterocycles. The molecule has 2 saturated heterocycles. The van der Waals surface area contributed by atoms with Gasteiger partial charge in [-0.25, -0.2) is 0 Å². The lowest BCUT2D eigenvalue weighted by Gasteiger charge is -2.46. The number of aliphatic hydroxyl groups is 1. The highest BCUT2D eigenvalue weighted by Gasteiger charge is 2.44. The zero-order valence-corrected chi connectivity index (χ0v) is 14.0. The molecule has 2 aromatic rings. The summed E-state index contributed by atoms with van der Waals surface area (Å²) in [5.41, 5.74) is 0.311. The number of ether oxygens (including phenoxy) is 1. The summed E-state index contributed by atoms with van der Waals surface area (Å²) in [6.07, 6.45) is 2.43. The highest BCUT2D eigenvalue weighted by molar-refractivity contribution is 6.05.